The first-order valence-corrected chi connectivity index (χ1v) is 11.0. The van der Waals surface area contributed by atoms with E-state index in [1.165, 1.54) is 22.5 Å². The molecule has 0 unspecified atom stereocenters. The molecular weight excluding hydrogens is 406 g/mol. The van der Waals surface area contributed by atoms with Crippen LogP contribution in [0.1, 0.15) is 46.7 Å². The predicted molar refractivity (Wildman–Crippen MR) is 126 cm³/mol. The molecule has 0 bridgehead atoms. The van der Waals surface area contributed by atoms with Gasteiger partial charge in [-0.05, 0) is 67.9 Å². The highest BCUT2D eigenvalue weighted by Gasteiger charge is 2.41. The molecular formula is C24H29N5OS. The van der Waals surface area contributed by atoms with Gasteiger partial charge in [-0.25, -0.2) is 0 Å². The van der Waals surface area contributed by atoms with Gasteiger partial charge in [-0.1, -0.05) is 12.1 Å². The summed E-state index contributed by atoms with van der Waals surface area (Å²) >= 11 is 5.76. The molecule has 0 aliphatic carbocycles. The highest BCUT2D eigenvalue weighted by Crippen LogP contribution is 2.40. The molecule has 7 heteroatoms. The van der Waals surface area contributed by atoms with Crippen LogP contribution in [-0.4, -0.2) is 44.8 Å². The van der Waals surface area contributed by atoms with Gasteiger partial charge in [0, 0.05) is 56.8 Å². The topological polar surface area (TPSA) is 55.2 Å². The van der Waals surface area contributed by atoms with Gasteiger partial charge in [-0.3, -0.25) is 9.97 Å². The highest BCUT2D eigenvalue weighted by molar-refractivity contribution is 7.80. The van der Waals surface area contributed by atoms with E-state index in [4.69, 9.17) is 17.0 Å². The van der Waals surface area contributed by atoms with Gasteiger partial charge in [0.2, 0.25) is 0 Å². The van der Waals surface area contributed by atoms with Crippen LogP contribution in [0.3, 0.4) is 0 Å². The van der Waals surface area contributed by atoms with Gasteiger partial charge >= 0.3 is 0 Å². The molecule has 0 aromatic carbocycles. The van der Waals surface area contributed by atoms with Crippen LogP contribution >= 0.6 is 12.2 Å². The number of methoxy groups -OCH3 is 1. The van der Waals surface area contributed by atoms with Crippen molar-refractivity contribution in [2.75, 3.05) is 20.3 Å². The van der Waals surface area contributed by atoms with Crippen LogP contribution < -0.4 is 5.32 Å². The van der Waals surface area contributed by atoms with Crippen LogP contribution in [-0.2, 0) is 11.3 Å². The summed E-state index contributed by atoms with van der Waals surface area (Å²) in [4.78, 5) is 11.2. The van der Waals surface area contributed by atoms with E-state index in [1.807, 2.05) is 36.8 Å². The van der Waals surface area contributed by atoms with E-state index < -0.39 is 0 Å². The van der Waals surface area contributed by atoms with Gasteiger partial charge in [-0.2, -0.15) is 0 Å². The number of aryl methyl sites for hydroxylation is 1. The second-order valence-electron chi connectivity index (χ2n) is 7.94. The summed E-state index contributed by atoms with van der Waals surface area (Å²) in [6, 6.07) is 12.5. The summed E-state index contributed by atoms with van der Waals surface area (Å²) in [5.41, 5.74) is 5.94. The number of hydrogen-bond acceptors (Lipinski definition) is 4. The second-order valence-corrected chi connectivity index (χ2v) is 8.33. The zero-order valence-electron chi connectivity index (χ0n) is 18.3. The minimum atomic E-state index is 0.00332. The zero-order chi connectivity index (χ0) is 21.8. The van der Waals surface area contributed by atoms with Crippen molar-refractivity contribution in [3.63, 3.8) is 0 Å². The Morgan fingerprint density at radius 3 is 2.74 bits per heavy atom. The van der Waals surface area contributed by atoms with E-state index in [-0.39, 0.29) is 12.1 Å². The number of ether oxygens (including phenoxy) is 1. The van der Waals surface area contributed by atoms with Crippen molar-refractivity contribution < 1.29 is 4.74 Å². The standard InChI is InChI=1S/C24H29N5OS/c1-17-14-20(18(2)29(17)16-19-8-6-10-25-15-19)23-22(21-9-4-5-11-26-21)27-24(31)28(23)12-7-13-30-3/h4-6,8-11,14-15,22-23H,7,12-13,16H2,1-3H3,(H,27,31)/t22-,23+/m1/s1. The lowest BCUT2D eigenvalue weighted by molar-refractivity contribution is 0.180. The Labute approximate surface area is 189 Å². The van der Waals surface area contributed by atoms with Crippen LogP contribution in [0.4, 0.5) is 0 Å². The van der Waals surface area contributed by atoms with E-state index in [0.717, 1.165) is 30.3 Å². The lowest BCUT2D eigenvalue weighted by Crippen LogP contribution is -2.31. The van der Waals surface area contributed by atoms with Crippen molar-refractivity contribution >= 4 is 17.3 Å². The Hall–Kier alpha value is -2.77. The first-order chi connectivity index (χ1) is 15.1. The average molecular weight is 436 g/mol. The lowest BCUT2D eigenvalue weighted by Gasteiger charge is -2.28. The smallest absolute Gasteiger partial charge is 0.170 e. The lowest BCUT2D eigenvalue weighted by atomic mass is 9.96. The normalized spacial score (nSPS) is 18.4. The Balaban J connectivity index is 1.72. The molecule has 0 amide bonds. The molecule has 3 aromatic rings. The van der Waals surface area contributed by atoms with Gasteiger partial charge in [0.25, 0.3) is 0 Å². The summed E-state index contributed by atoms with van der Waals surface area (Å²) in [5, 5.41) is 4.31. The fraction of sp³-hybridized carbons (Fsp3) is 0.375. The van der Waals surface area contributed by atoms with Crippen LogP contribution in [0.2, 0.25) is 0 Å². The van der Waals surface area contributed by atoms with Gasteiger partial charge < -0.3 is 19.5 Å². The maximum absolute atomic E-state index is 5.76. The number of nitrogens with zero attached hydrogens (tertiary/aromatic N) is 4. The summed E-state index contributed by atoms with van der Waals surface area (Å²) in [6.45, 7) is 6.70. The van der Waals surface area contributed by atoms with Crippen LogP contribution in [0, 0.1) is 13.8 Å². The fourth-order valence-corrected chi connectivity index (χ4v) is 4.74. The Bertz CT molecular complexity index is 1020. The molecule has 1 aliphatic rings. The number of aromatic nitrogens is 3. The Morgan fingerprint density at radius 1 is 1.16 bits per heavy atom. The van der Waals surface area contributed by atoms with Gasteiger partial charge in [0.05, 0.1) is 17.8 Å². The van der Waals surface area contributed by atoms with Crippen molar-refractivity contribution in [1.29, 1.82) is 0 Å². The first kappa shape index (κ1) is 21.5. The van der Waals surface area contributed by atoms with E-state index in [1.54, 1.807) is 7.11 Å². The van der Waals surface area contributed by atoms with Crippen molar-refractivity contribution in [2.45, 2.75) is 38.9 Å². The van der Waals surface area contributed by atoms with Crippen molar-refractivity contribution in [2.24, 2.45) is 0 Å². The predicted octanol–water partition coefficient (Wildman–Crippen LogP) is 3.95. The SMILES string of the molecule is COCCCN1C(=S)N[C@H](c2ccccn2)[C@@H]1c1cc(C)n(Cc2cccnc2)c1C. The van der Waals surface area contributed by atoms with Crippen molar-refractivity contribution in [3.8, 4) is 0 Å². The summed E-state index contributed by atoms with van der Waals surface area (Å²) in [5.74, 6) is 0. The second kappa shape index (κ2) is 9.58. The number of nitrogens with one attached hydrogen (secondary N) is 1. The third-order valence-electron chi connectivity index (χ3n) is 5.94. The van der Waals surface area contributed by atoms with E-state index >= 15 is 0 Å². The monoisotopic (exact) mass is 435 g/mol. The molecule has 0 radical (unpaired) electrons. The number of thiocarbonyl (C=S) groups is 1. The first-order valence-electron chi connectivity index (χ1n) is 10.6. The van der Waals surface area contributed by atoms with Crippen molar-refractivity contribution in [3.05, 3.63) is 83.2 Å². The minimum absolute atomic E-state index is 0.00332. The highest BCUT2D eigenvalue weighted by atomic mass is 32.1. The number of rotatable bonds is 8. The third kappa shape index (κ3) is 4.48. The minimum Gasteiger partial charge on any atom is -0.385 e. The quantitative estimate of drug-likeness (QED) is 0.427. The molecule has 2 atom stereocenters. The molecule has 0 spiro atoms. The van der Waals surface area contributed by atoms with Crippen LogP contribution in [0.5, 0.6) is 0 Å². The molecule has 1 saturated heterocycles. The van der Waals surface area contributed by atoms with E-state index in [0.29, 0.717) is 6.61 Å². The van der Waals surface area contributed by atoms with E-state index in [9.17, 15) is 0 Å². The average Bonchev–Trinajstić information content (AvgIpc) is 3.26. The summed E-state index contributed by atoms with van der Waals surface area (Å²) < 4.78 is 7.65. The summed E-state index contributed by atoms with van der Waals surface area (Å²) in [7, 11) is 1.74. The molecule has 3 aromatic heterocycles. The molecule has 1 aliphatic heterocycles. The number of pyridine rings is 2. The summed E-state index contributed by atoms with van der Waals surface area (Å²) in [6.07, 6.45) is 6.50. The molecule has 162 valence electrons. The van der Waals surface area contributed by atoms with E-state index in [2.05, 4.69) is 56.8 Å². The molecule has 0 saturated carbocycles. The fourth-order valence-electron chi connectivity index (χ4n) is 4.41. The number of hydrogen-bond donors (Lipinski definition) is 1. The molecule has 31 heavy (non-hydrogen) atoms. The maximum Gasteiger partial charge on any atom is 0.170 e. The van der Waals surface area contributed by atoms with Crippen molar-refractivity contribution in [1.82, 2.24) is 24.8 Å². The Kier molecular flexibility index (Phi) is 6.63. The molecule has 1 fully saturated rings. The Morgan fingerprint density at radius 2 is 2.03 bits per heavy atom. The largest absolute Gasteiger partial charge is 0.385 e. The van der Waals surface area contributed by atoms with Crippen LogP contribution in [0.15, 0.2) is 55.0 Å². The molecule has 6 nitrogen and oxygen atoms in total. The third-order valence-corrected chi connectivity index (χ3v) is 6.29. The molecule has 1 N–H and O–H groups in total. The van der Waals surface area contributed by atoms with Crippen LogP contribution in [0.25, 0.3) is 0 Å². The zero-order valence-corrected chi connectivity index (χ0v) is 19.1. The van der Waals surface area contributed by atoms with Gasteiger partial charge in [0.15, 0.2) is 5.11 Å². The van der Waals surface area contributed by atoms with Gasteiger partial charge in [0.1, 0.15) is 0 Å². The maximum atomic E-state index is 5.76. The molecule has 4 heterocycles. The van der Waals surface area contributed by atoms with Gasteiger partial charge in [-0.15, -0.1) is 0 Å². The molecule has 4 rings (SSSR count).